The number of nitrogens with zero attached hydrogens (tertiary/aromatic N) is 3. The highest BCUT2D eigenvalue weighted by Gasteiger charge is 2.54. The number of fused-ring (bicyclic) bond motifs is 3. The highest BCUT2D eigenvalue weighted by Crippen LogP contribution is 2.48. The van der Waals surface area contributed by atoms with E-state index in [0.29, 0.717) is 11.1 Å². The quantitative estimate of drug-likeness (QED) is 0.397. The zero-order chi connectivity index (χ0) is 21.2. The molecule has 1 aliphatic carbocycles. The van der Waals surface area contributed by atoms with Gasteiger partial charge in [0.25, 0.3) is 0 Å². The lowest BCUT2D eigenvalue weighted by molar-refractivity contribution is -0.160. The molecule has 0 N–H and O–H groups in total. The number of hydrogen-bond acceptors (Lipinski definition) is 4. The average molecular weight is 434 g/mol. The van der Waals surface area contributed by atoms with Crippen LogP contribution in [-0.2, 0) is 15.9 Å². The zero-order valence-corrected chi connectivity index (χ0v) is 18.3. The monoisotopic (exact) mass is 433 g/mol. The Morgan fingerprint density at radius 1 is 1.03 bits per heavy atom. The van der Waals surface area contributed by atoms with E-state index in [9.17, 15) is 0 Å². The third-order valence-corrected chi connectivity index (χ3v) is 6.98. The summed E-state index contributed by atoms with van der Waals surface area (Å²) >= 11 is 6.30. The first kappa shape index (κ1) is 19.2. The van der Waals surface area contributed by atoms with Crippen LogP contribution in [0.25, 0.3) is 21.8 Å². The first-order chi connectivity index (χ1) is 15.0. The smallest absolute Gasteiger partial charge is 0.163 e. The summed E-state index contributed by atoms with van der Waals surface area (Å²) in [6, 6.07) is 17.4. The van der Waals surface area contributed by atoms with Crippen LogP contribution in [0.4, 0.5) is 0 Å². The normalized spacial score (nSPS) is 27.2. The van der Waals surface area contributed by atoms with Gasteiger partial charge in [-0.1, -0.05) is 54.1 Å². The summed E-state index contributed by atoms with van der Waals surface area (Å²) in [4.78, 5) is 8.63. The average Bonchev–Trinajstić information content (AvgIpc) is 3.40. The molecular weight excluding hydrogens is 410 g/mol. The minimum absolute atomic E-state index is 0.0233. The molecule has 158 valence electrons. The summed E-state index contributed by atoms with van der Waals surface area (Å²) in [5.41, 5.74) is 2.18. The van der Waals surface area contributed by atoms with Gasteiger partial charge in [0.1, 0.15) is 23.2 Å². The Balaban J connectivity index is 1.35. The van der Waals surface area contributed by atoms with Crippen LogP contribution in [0.1, 0.15) is 31.9 Å². The SMILES string of the molecule is CC1(C)O[C@@H]2[C@@H](Cc3ccc4ccccc4c3)C[C@@H](n3ccc4c(Cl)ncnc43)[C@@H]2O1. The highest BCUT2D eigenvalue weighted by atomic mass is 35.5. The van der Waals surface area contributed by atoms with Gasteiger partial charge in [-0.3, -0.25) is 0 Å². The topological polar surface area (TPSA) is 49.2 Å². The Hall–Kier alpha value is -2.47. The largest absolute Gasteiger partial charge is 0.344 e. The van der Waals surface area contributed by atoms with Crippen molar-refractivity contribution in [2.75, 3.05) is 0 Å². The third-order valence-electron chi connectivity index (χ3n) is 6.68. The third kappa shape index (κ3) is 3.23. The van der Waals surface area contributed by atoms with E-state index in [0.717, 1.165) is 23.9 Å². The molecule has 0 amide bonds. The molecule has 1 saturated carbocycles. The van der Waals surface area contributed by atoms with Crippen molar-refractivity contribution >= 4 is 33.4 Å². The molecule has 1 saturated heterocycles. The van der Waals surface area contributed by atoms with Crippen LogP contribution in [0.15, 0.2) is 61.1 Å². The van der Waals surface area contributed by atoms with Gasteiger partial charge in [0.2, 0.25) is 0 Å². The molecule has 2 aromatic carbocycles. The van der Waals surface area contributed by atoms with Gasteiger partial charge >= 0.3 is 0 Å². The number of aromatic nitrogens is 3. The lowest BCUT2D eigenvalue weighted by atomic mass is 9.94. The molecule has 6 rings (SSSR count). The first-order valence-electron chi connectivity index (χ1n) is 10.8. The number of benzene rings is 2. The predicted molar refractivity (Wildman–Crippen MR) is 121 cm³/mol. The van der Waals surface area contributed by atoms with Gasteiger partial charge in [-0.15, -0.1) is 0 Å². The van der Waals surface area contributed by atoms with Crippen LogP contribution in [0, 0.1) is 5.92 Å². The molecule has 2 aliphatic rings. The molecule has 0 radical (unpaired) electrons. The standard InChI is InChI=1S/C25H24ClN3O2/c1-25(2)30-21-18(12-15-7-8-16-5-3-4-6-17(16)11-15)13-20(22(21)31-25)29-10-9-19-23(26)27-14-28-24(19)29/h3-11,14,18,20-22H,12-13H2,1-2H3/t18-,20+,21+,22-/m0/s1. The van der Waals surface area contributed by atoms with E-state index >= 15 is 0 Å². The Bertz CT molecular complexity index is 1280. The summed E-state index contributed by atoms with van der Waals surface area (Å²) < 4.78 is 15.0. The van der Waals surface area contributed by atoms with Gasteiger partial charge in [-0.2, -0.15) is 0 Å². The molecule has 3 heterocycles. The second-order valence-electron chi connectivity index (χ2n) is 9.14. The number of rotatable bonds is 3. The number of halogens is 1. The van der Waals surface area contributed by atoms with Gasteiger partial charge in [0.05, 0.1) is 17.5 Å². The summed E-state index contributed by atoms with van der Waals surface area (Å²) in [5, 5.41) is 3.90. The second kappa shape index (κ2) is 7.02. The van der Waals surface area contributed by atoms with Crippen LogP contribution in [0.2, 0.25) is 5.15 Å². The molecule has 2 fully saturated rings. The van der Waals surface area contributed by atoms with E-state index in [4.69, 9.17) is 21.1 Å². The van der Waals surface area contributed by atoms with Gasteiger partial charge in [-0.25, -0.2) is 9.97 Å². The highest BCUT2D eigenvalue weighted by molar-refractivity contribution is 6.33. The van der Waals surface area contributed by atoms with Crippen LogP contribution in [-0.4, -0.2) is 32.5 Å². The summed E-state index contributed by atoms with van der Waals surface area (Å²) in [5.74, 6) is -0.238. The van der Waals surface area contributed by atoms with Crippen molar-refractivity contribution in [2.45, 2.75) is 50.7 Å². The number of hydrogen-bond donors (Lipinski definition) is 0. The van der Waals surface area contributed by atoms with E-state index in [1.807, 2.05) is 19.9 Å². The number of ether oxygens (including phenoxy) is 2. The molecule has 6 heteroatoms. The van der Waals surface area contributed by atoms with E-state index in [2.05, 4.69) is 63.2 Å². The molecule has 4 atom stereocenters. The maximum atomic E-state index is 6.41. The molecule has 4 aromatic rings. The lowest BCUT2D eigenvalue weighted by Gasteiger charge is -2.24. The second-order valence-corrected chi connectivity index (χ2v) is 9.50. The maximum absolute atomic E-state index is 6.41. The van der Waals surface area contributed by atoms with Crippen molar-refractivity contribution in [2.24, 2.45) is 5.92 Å². The maximum Gasteiger partial charge on any atom is 0.163 e. The molecule has 1 aliphatic heterocycles. The van der Waals surface area contributed by atoms with Crippen molar-refractivity contribution < 1.29 is 9.47 Å². The van der Waals surface area contributed by atoms with Crippen molar-refractivity contribution in [3.63, 3.8) is 0 Å². The van der Waals surface area contributed by atoms with Gasteiger partial charge in [-0.05, 0) is 55.0 Å². The Morgan fingerprint density at radius 3 is 2.71 bits per heavy atom. The van der Waals surface area contributed by atoms with Gasteiger partial charge < -0.3 is 14.0 Å². The zero-order valence-electron chi connectivity index (χ0n) is 17.5. The molecule has 0 unspecified atom stereocenters. The lowest BCUT2D eigenvalue weighted by Crippen LogP contribution is -2.27. The Morgan fingerprint density at radius 2 is 1.84 bits per heavy atom. The Labute approximate surface area is 186 Å². The van der Waals surface area contributed by atoms with Crippen LogP contribution in [0.3, 0.4) is 0 Å². The van der Waals surface area contributed by atoms with Gasteiger partial charge in [0, 0.05) is 6.20 Å². The molecule has 0 spiro atoms. The van der Waals surface area contributed by atoms with Crippen LogP contribution in [0.5, 0.6) is 0 Å². The minimum atomic E-state index is -0.592. The minimum Gasteiger partial charge on any atom is -0.344 e. The van der Waals surface area contributed by atoms with E-state index < -0.39 is 5.79 Å². The van der Waals surface area contributed by atoms with E-state index in [1.165, 1.54) is 22.7 Å². The molecule has 5 nitrogen and oxygen atoms in total. The summed E-state index contributed by atoms with van der Waals surface area (Å²) in [6.45, 7) is 4.00. The fourth-order valence-corrected chi connectivity index (χ4v) is 5.60. The van der Waals surface area contributed by atoms with E-state index in [1.54, 1.807) is 0 Å². The fourth-order valence-electron chi connectivity index (χ4n) is 5.41. The molecule has 31 heavy (non-hydrogen) atoms. The van der Waals surface area contributed by atoms with Crippen LogP contribution < -0.4 is 0 Å². The van der Waals surface area contributed by atoms with Crippen molar-refractivity contribution in [3.05, 3.63) is 71.8 Å². The van der Waals surface area contributed by atoms with Crippen molar-refractivity contribution in [1.29, 1.82) is 0 Å². The van der Waals surface area contributed by atoms with Crippen molar-refractivity contribution in [3.8, 4) is 0 Å². The molecular formula is C25H24ClN3O2. The summed E-state index contributed by atoms with van der Waals surface area (Å²) in [7, 11) is 0. The van der Waals surface area contributed by atoms with Crippen molar-refractivity contribution in [1.82, 2.24) is 14.5 Å². The Kier molecular flexibility index (Phi) is 4.36. The molecule has 0 bridgehead atoms. The first-order valence-corrected chi connectivity index (χ1v) is 11.2. The van der Waals surface area contributed by atoms with Gasteiger partial charge in [0.15, 0.2) is 5.79 Å². The predicted octanol–water partition coefficient (Wildman–Crippen LogP) is 5.56. The summed E-state index contributed by atoms with van der Waals surface area (Å²) in [6.07, 6.45) is 5.52. The van der Waals surface area contributed by atoms with Crippen LogP contribution >= 0.6 is 11.6 Å². The van der Waals surface area contributed by atoms with E-state index in [-0.39, 0.29) is 18.2 Å². The fraction of sp³-hybridized carbons (Fsp3) is 0.360. The molecule has 2 aromatic heterocycles.